The van der Waals surface area contributed by atoms with Crippen molar-refractivity contribution in [3.05, 3.63) is 112 Å². The van der Waals surface area contributed by atoms with Crippen LogP contribution in [0.4, 0.5) is 0 Å². The van der Waals surface area contributed by atoms with Gasteiger partial charge in [-0.1, -0.05) is 60.7 Å². The molecule has 0 fully saturated rings. The summed E-state index contributed by atoms with van der Waals surface area (Å²) in [5, 5.41) is 2.08. The SMILES string of the molecule is CCOC(=O)c1csc(CN(Cc2ccc(OCc3ccccc3)cc2)S(=O)(=O)c2ccccc2)n1. The second-order valence-corrected chi connectivity index (χ2v) is 10.7. The summed E-state index contributed by atoms with van der Waals surface area (Å²) >= 11 is 1.22. The molecule has 0 spiro atoms. The molecular formula is C27H26N2O5S2. The number of ether oxygens (including phenoxy) is 2. The Bertz CT molecular complexity index is 1370. The fraction of sp³-hybridized carbons (Fsp3) is 0.185. The van der Waals surface area contributed by atoms with E-state index in [1.54, 1.807) is 42.6 Å². The van der Waals surface area contributed by atoms with E-state index in [9.17, 15) is 13.2 Å². The Morgan fingerprint density at radius 3 is 2.22 bits per heavy atom. The minimum Gasteiger partial charge on any atom is -0.489 e. The molecule has 186 valence electrons. The number of sulfonamides is 1. The number of rotatable bonds is 11. The molecule has 7 nitrogen and oxygen atoms in total. The lowest BCUT2D eigenvalue weighted by Crippen LogP contribution is -2.30. The molecule has 0 aliphatic rings. The molecule has 3 aromatic carbocycles. The van der Waals surface area contributed by atoms with Crippen LogP contribution in [0.2, 0.25) is 0 Å². The van der Waals surface area contributed by atoms with Crippen molar-refractivity contribution < 1.29 is 22.7 Å². The molecule has 1 aromatic heterocycles. The molecule has 0 saturated heterocycles. The Balaban J connectivity index is 1.52. The van der Waals surface area contributed by atoms with Gasteiger partial charge in [0.25, 0.3) is 0 Å². The van der Waals surface area contributed by atoms with Gasteiger partial charge in [-0.3, -0.25) is 0 Å². The number of esters is 1. The topological polar surface area (TPSA) is 85.8 Å². The highest BCUT2D eigenvalue weighted by atomic mass is 32.2. The minimum absolute atomic E-state index is 0.0214. The highest BCUT2D eigenvalue weighted by Gasteiger charge is 2.26. The van der Waals surface area contributed by atoms with Crippen LogP contribution in [0.5, 0.6) is 5.75 Å². The number of thiazole rings is 1. The second-order valence-electron chi connectivity index (χ2n) is 7.85. The Labute approximate surface area is 215 Å². The molecule has 9 heteroatoms. The van der Waals surface area contributed by atoms with Gasteiger partial charge in [-0.2, -0.15) is 4.31 Å². The molecule has 0 amide bonds. The van der Waals surface area contributed by atoms with Gasteiger partial charge in [0.05, 0.1) is 18.0 Å². The van der Waals surface area contributed by atoms with Crippen molar-refractivity contribution in [2.24, 2.45) is 0 Å². The summed E-state index contributed by atoms with van der Waals surface area (Å²) in [6.45, 7) is 2.56. The van der Waals surface area contributed by atoms with E-state index in [0.29, 0.717) is 17.4 Å². The van der Waals surface area contributed by atoms with E-state index in [-0.39, 0.29) is 30.3 Å². The largest absolute Gasteiger partial charge is 0.489 e. The quantitative estimate of drug-likeness (QED) is 0.249. The van der Waals surface area contributed by atoms with E-state index in [0.717, 1.165) is 11.1 Å². The van der Waals surface area contributed by atoms with Gasteiger partial charge >= 0.3 is 5.97 Å². The predicted octanol–water partition coefficient (Wildman–Crippen LogP) is 5.29. The number of hydrogen-bond donors (Lipinski definition) is 0. The Hall–Kier alpha value is -3.53. The number of nitrogens with zero attached hydrogens (tertiary/aromatic N) is 2. The summed E-state index contributed by atoms with van der Waals surface area (Å²) in [6, 6.07) is 25.5. The number of benzene rings is 3. The maximum Gasteiger partial charge on any atom is 0.357 e. The fourth-order valence-corrected chi connectivity index (χ4v) is 5.71. The van der Waals surface area contributed by atoms with Crippen molar-refractivity contribution in [2.75, 3.05) is 6.61 Å². The predicted molar refractivity (Wildman–Crippen MR) is 138 cm³/mol. The molecule has 0 N–H and O–H groups in total. The maximum absolute atomic E-state index is 13.5. The zero-order valence-electron chi connectivity index (χ0n) is 19.7. The first kappa shape index (κ1) is 25.6. The van der Waals surface area contributed by atoms with E-state index in [1.165, 1.54) is 15.6 Å². The van der Waals surface area contributed by atoms with Crippen molar-refractivity contribution in [3.63, 3.8) is 0 Å². The number of aromatic nitrogens is 1. The Morgan fingerprint density at radius 1 is 0.889 bits per heavy atom. The smallest absolute Gasteiger partial charge is 0.357 e. The van der Waals surface area contributed by atoms with Gasteiger partial charge in [0.1, 0.15) is 17.4 Å². The van der Waals surface area contributed by atoms with E-state index in [2.05, 4.69) is 4.98 Å². The van der Waals surface area contributed by atoms with Crippen LogP contribution >= 0.6 is 11.3 Å². The van der Waals surface area contributed by atoms with Crippen LogP contribution in [0.25, 0.3) is 0 Å². The summed E-state index contributed by atoms with van der Waals surface area (Å²) < 4.78 is 39.2. The van der Waals surface area contributed by atoms with Gasteiger partial charge < -0.3 is 9.47 Å². The van der Waals surface area contributed by atoms with Gasteiger partial charge in [-0.05, 0) is 42.3 Å². The average Bonchev–Trinajstić information content (AvgIpc) is 3.38. The normalized spacial score (nSPS) is 11.4. The second kappa shape index (κ2) is 11.9. The van der Waals surface area contributed by atoms with Crippen LogP contribution in [0, 0.1) is 0 Å². The summed E-state index contributed by atoms with van der Waals surface area (Å²) in [6.07, 6.45) is 0. The van der Waals surface area contributed by atoms with Crippen LogP contribution in [0.1, 0.15) is 33.5 Å². The lowest BCUT2D eigenvalue weighted by atomic mass is 10.2. The highest BCUT2D eigenvalue weighted by molar-refractivity contribution is 7.89. The Morgan fingerprint density at radius 2 is 1.56 bits per heavy atom. The van der Waals surface area contributed by atoms with Crippen LogP contribution < -0.4 is 4.74 Å². The zero-order valence-corrected chi connectivity index (χ0v) is 21.4. The molecule has 0 bridgehead atoms. The van der Waals surface area contributed by atoms with Gasteiger partial charge in [0, 0.05) is 11.9 Å². The first-order valence-corrected chi connectivity index (χ1v) is 13.7. The molecule has 0 aliphatic carbocycles. The molecule has 0 saturated carbocycles. The third-order valence-electron chi connectivity index (χ3n) is 5.26. The first-order chi connectivity index (χ1) is 17.5. The molecule has 0 aliphatic heterocycles. The molecule has 4 rings (SSSR count). The van der Waals surface area contributed by atoms with E-state index in [1.807, 2.05) is 54.6 Å². The fourth-order valence-electron chi connectivity index (χ4n) is 3.44. The number of carbonyl (C=O) groups is 1. The van der Waals surface area contributed by atoms with Gasteiger partial charge in [-0.25, -0.2) is 18.2 Å². The molecule has 0 atom stereocenters. The number of carbonyl (C=O) groups excluding carboxylic acids is 1. The van der Waals surface area contributed by atoms with Gasteiger partial charge in [0.15, 0.2) is 5.69 Å². The van der Waals surface area contributed by atoms with Crippen LogP contribution in [0.3, 0.4) is 0 Å². The first-order valence-electron chi connectivity index (χ1n) is 11.4. The summed E-state index contributed by atoms with van der Waals surface area (Å²) in [4.78, 5) is 16.5. The molecule has 0 unspecified atom stereocenters. The molecule has 36 heavy (non-hydrogen) atoms. The van der Waals surface area contributed by atoms with Crippen LogP contribution in [-0.4, -0.2) is 30.3 Å². The summed E-state index contributed by atoms with van der Waals surface area (Å²) in [7, 11) is -3.82. The monoisotopic (exact) mass is 522 g/mol. The van der Waals surface area contributed by atoms with Crippen molar-refractivity contribution in [1.82, 2.24) is 9.29 Å². The van der Waals surface area contributed by atoms with Crippen LogP contribution in [0.15, 0.2) is 95.2 Å². The lowest BCUT2D eigenvalue weighted by molar-refractivity contribution is 0.0520. The van der Waals surface area contributed by atoms with Gasteiger partial charge in [0.2, 0.25) is 10.0 Å². The standard InChI is InChI=1S/C27H26N2O5S2/c1-2-33-27(30)25-20-35-26(28-25)18-29(36(31,32)24-11-7-4-8-12-24)17-21-13-15-23(16-14-21)34-19-22-9-5-3-6-10-22/h3-16,20H,2,17-19H2,1H3. The Kier molecular flexibility index (Phi) is 8.48. The minimum atomic E-state index is -3.82. The molecular weight excluding hydrogens is 496 g/mol. The van der Waals surface area contributed by atoms with E-state index in [4.69, 9.17) is 9.47 Å². The van der Waals surface area contributed by atoms with Crippen molar-refractivity contribution in [3.8, 4) is 5.75 Å². The summed E-state index contributed by atoms with van der Waals surface area (Å²) in [5.41, 5.74) is 2.03. The van der Waals surface area contributed by atoms with Crippen molar-refractivity contribution in [1.29, 1.82) is 0 Å². The van der Waals surface area contributed by atoms with Crippen molar-refractivity contribution in [2.45, 2.75) is 31.5 Å². The number of hydrogen-bond acceptors (Lipinski definition) is 7. The molecule has 4 aromatic rings. The van der Waals surface area contributed by atoms with E-state index >= 15 is 0 Å². The summed E-state index contributed by atoms with van der Waals surface area (Å²) in [5.74, 6) is 0.169. The van der Waals surface area contributed by atoms with Gasteiger partial charge in [-0.15, -0.1) is 11.3 Å². The third kappa shape index (κ3) is 6.57. The molecule has 1 heterocycles. The zero-order chi connectivity index (χ0) is 25.4. The highest BCUT2D eigenvalue weighted by Crippen LogP contribution is 2.24. The molecule has 0 radical (unpaired) electrons. The van der Waals surface area contributed by atoms with E-state index < -0.39 is 16.0 Å². The van der Waals surface area contributed by atoms with Crippen LogP contribution in [-0.2, 0) is 34.5 Å². The maximum atomic E-state index is 13.5. The third-order valence-corrected chi connectivity index (χ3v) is 7.90. The lowest BCUT2D eigenvalue weighted by Gasteiger charge is -2.21. The average molecular weight is 523 g/mol. The van der Waals surface area contributed by atoms with Crippen molar-refractivity contribution >= 4 is 27.3 Å².